The zero-order chi connectivity index (χ0) is 19.0. The fourth-order valence-corrected chi connectivity index (χ4v) is 5.24. The van der Waals surface area contributed by atoms with Crippen LogP contribution in [0.5, 0.6) is 5.75 Å². The summed E-state index contributed by atoms with van der Waals surface area (Å²) in [5.74, 6) is 0.927. The number of aromatic nitrogens is 1. The van der Waals surface area contributed by atoms with Gasteiger partial charge in [-0.15, -0.1) is 0 Å². The first-order chi connectivity index (χ1) is 14.4. The van der Waals surface area contributed by atoms with Crippen molar-refractivity contribution in [1.82, 2.24) is 4.98 Å². The summed E-state index contributed by atoms with van der Waals surface area (Å²) >= 11 is 0. The largest absolute Gasteiger partial charge is 0.471 e. The van der Waals surface area contributed by atoms with Gasteiger partial charge in [0.1, 0.15) is 5.75 Å². The fraction of sp³-hybridized carbons (Fsp3) is 0.0370. The van der Waals surface area contributed by atoms with E-state index in [9.17, 15) is 0 Å². The van der Waals surface area contributed by atoms with Gasteiger partial charge in [0.25, 0.3) is 0 Å². The van der Waals surface area contributed by atoms with Crippen LogP contribution in [0.3, 0.4) is 0 Å². The predicted octanol–water partition coefficient (Wildman–Crippen LogP) is 6.50. The van der Waals surface area contributed by atoms with Crippen LogP contribution < -0.4 is 4.74 Å². The molecule has 1 aliphatic carbocycles. The Morgan fingerprint density at radius 1 is 0.586 bits per heavy atom. The van der Waals surface area contributed by atoms with E-state index in [1.165, 1.54) is 33.2 Å². The van der Waals surface area contributed by atoms with Crippen LogP contribution in [0, 0.1) is 0 Å². The summed E-state index contributed by atoms with van der Waals surface area (Å²) in [6.07, 6.45) is 0. The van der Waals surface area contributed by atoms with Gasteiger partial charge < -0.3 is 9.72 Å². The van der Waals surface area contributed by atoms with E-state index in [1.54, 1.807) is 0 Å². The average molecular weight is 371 g/mol. The van der Waals surface area contributed by atoms with Crippen LogP contribution in [-0.2, 0) is 5.60 Å². The molecule has 2 aliphatic rings. The van der Waals surface area contributed by atoms with Crippen molar-refractivity contribution < 1.29 is 4.74 Å². The molecule has 0 saturated heterocycles. The molecule has 0 fully saturated rings. The monoisotopic (exact) mass is 371 g/mol. The van der Waals surface area contributed by atoms with E-state index in [0.29, 0.717) is 0 Å². The van der Waals surface area contributed by atoms with Gasteiger partial charge in [0.15, 0.2) is 0 Å². The van der Waals surface area contributed by atoms with Crippen molar-refractivity contribution in [3.05, 3.63) is 114 Å². The van der Waals surface area contributed by atoms with Crippen LogP contribution in [0.4, 0.5) is 0 Å². The lowest BCUT2D eigenvalue weighted by Gasteiger charge is -2.37. The first kappa shape index (κ1) is 15.2. The molecule has 2 heteroatoms. The Bertz CT molecular complexity index is 1400. The van der Waals surface area contributed by atoms with Crippen molar-refractivity contribution in [2.45, 2.75) is 5.60 Å². The van der Waals surface area contributed by atoms with Crippen LogP contribution in [0.1, 0.15) is 16.8 Å². The fourth-order valence-electron chi connectivity index (χ4n) is 5.24. The zero-order valence-electron chi connectivity index (χ0n) is 15.6. The van der Waals surface area contributed by atoms with Gasteiger partial charge in [0.05, 0.1) is 5.69 Å². The number of nitrogens with one attached hydrogen (secondary N) is 1. The lowest BCUT2D eigenvalue weighted by atomic mass is 9.81. The third-order valence-electron chi connectivity index (χ3n) is 6.38. The van der Waals surface area contributed by atoms with Crippen molar-refractivity contribution in [2.75, 3.05) is 0 Å². The first-order valence-electron chi connectivity index (χ1n) is 9.97. The van der Waals surface area contributed by atoms with E-state index in [1.807, 2.05) is 0 Å². The highest BCUT2D eigenvalue weighted by Gasteiger charge is 2.52. The highest BCUT2D eigenvalue weighted by molar-refractivity contribution is 6.02. The zero-order valence-corrected chi connectivity index (χ0v) is 15.6. The Balaban J connectivity index is 1.70. The second-order valence-electron chi connectivity index (χ2n) is 7.79. The van der Waals surface area contributed by atoms with Gasteiger partial charge in [-0.1, -0.05) is 84.9 Å². The minimum absolute atomic E-state index is 0.671. The maximum absolute atomic E-state index is 6.96. The molecule has 1 aliphatic heterocycles. The topological polar surface area (TPSA) is 25.0 Å². The lowest BCUT2D eigenvalue weighted by Crippen LogP contribution is -2.37. The van der Waals surface area contributed by atoms with Crippen molar-refractivity contribution in [1.29, 1.82) is 0 Å². The average Bonchev–Trinajstić information content (AvgIpc) is 3.30. The van der Waals surface area contributed by atoms with Gasteiger partial charge in [-0.05, 0) is 23.3 Å². The smallest absolute Gasteiger partial charge is 0.201 e. The van der Waals surface area contributed by atoms with Gasteiger partial charge >= 0.3 is 0 Å². The molecule has 2 nitrogen and oxygen atoms in total. The third kappa shape index (κ3) is 1.73. The lowest BCUT2D eigenvalue weighted by molar-refractivity contribution is 0.153. The van der Waals surface area contributed by atoms with E-state index in [0.717, 1.165) is 22.5 Å². The highest BCUT2D eigenvalue weighted by atomic mass is 16.5. The van der Waals surface area contributed by atoms with Crippen molar-refractivity contribution in [2.24, 2.45) is 0 Å². The molecule has 1 spiro atoms. The number of H-pyrrole nitrogens is 1. The normalized spacial score (nSPS) is 14.8. The van der Waals surface area contributed by atoms with Crippen molar-refractivity contribution in [3.63, 3.8) is 0 Å². The molecular weight excluding hydrogens is 354 g/mol. The molecule has 0 saturated carbocycles. The van der Waals surface area contributed by atoms with Gasteiger partial charge in [0.2, 0.25) is 5.60 Å². The molecule has 0 amide bonds. The quantitative estimate of drug-likeness (QED) is 0.330. The van der Waals surface area contributed by atoms with Crippen molar-refractivity contribution in [3.8, 4) is 28.0 Å². The molecule has 5 aromatic rings. The number of ether oxygens (including phenoxy) is 1. The second kappa shape index (κ2) is 5.18. The van der Waals surface area contributed by atoms with Crippen LogP contribution >= 0.6 is 0 Å². The van der Waals surface area contributed by atoms with E-state index in [-0.39, 0.29) is 0 Å². The molecule has 1 N–H and O–H groups in total. The summed E-state index contributed by atoms with van der Waals surface area (Å²) in [4.78, 5) is 3.75. The summed E-state index contributed by atoms with van der Waals surface area (Å²) in [7, 11) is 0. The molecule has 0 bridgehead atoms. The van der Waals surface area contributed by atoms with Gasteiger partial charge in [-0.2, -0.15) is 0 Å². The third-order valence-corrected chi connectivity index (χ3v) is 6.38. The predicted molar refractivity (Wildman–Crippen MR) is 116 cm³/mol. The highest BCUT2D eigenvalue weighted by Crippen LogP contribution is 2.59. The Morgan fingerprint density at radius 3 is 1.93 bits per heavy atom. The summed E-state index contributed by atoms with van der Waals surface area (Å²) in [5.41, 5.74) is 8.86. The summed E-state index contributed by atoms with van der Waals surface area (Å²) in [6, 6.07) is 34.2. The summed E-state index contributed by atoms with van der Waals surface area (Å²) < 4.78 is 6.96. The number of fused-ring (bicyclic) bond motifs is 11. The molecule has 0 radical (unpaired) electrons. The van der Waals surface area contributed by atoms with Gasteiger partial charge in [0, 0.05) is 33.2 Å². The SMILES string of the molecule is c1ccc2c(c1)OC1(c3ccccc3-c3ccccc31)c1[nH]c3ccccc3c1-2. The number of para-hydroxylation sites is 2. The standard InChI is InChI=1S/C27H17NO/c1-5-13-21-17(9-1)18-10-2-6-14-22(18)27(21)26-25(19-11-3-7-15-23(19)28-26)20-12-4-8-16-24(20)29-27/h1-16,28H. The number of hydrogen-bond acceptors (Lipinski definition) is 1. The Hall–Kier alpha value is -3.78. The molecular formula is C27H17NO. The molecule has 0 unspecified atom stereocenters. The molecule has 136 valence electrons. The van der Waals surface area contributed by atoms with Crippen LogP contribution in [-0.4, -0.2) is 4.98 Å². The summed E-state index contributed by atoms with van der Waals surface area (Å²) in [5, 5.41) is 1.24. The first-order valence-corrected chi connectivity index (χ1v) is 9.97. The minimum atomic E-state index is -0.671. The Kier molecular flexibility index (Phi) is 2.71. The minimum Gasteiger partial charge on any atom is -0.471 e. The van der Waals surface area contributed by atoms with Crippen molar-refractivity contribution >= 4 is 10.9 Å². The van der Waals surface area contributed by atoms with Crippen LogP contribution in [0.25, 0.3) is 33.2 Å². The number of benzene rings is 4. The Labute approximate surface area is 168 Å². The van der Waals surface area contributed by atoms with E-state index < -0.39 is 5.60 Å². The summed E-state index contributed by atoms with van der Waals surface area (Å²) in [6.45, 7) is 0. The van der Waals surface area contributed by atoms with E-state index >= 15 is 0 Å². The number of rotatable bonds is 0. The van der Waals surface area contributed by atoms with Crippen LogP contribution in [0.15, 0.2) is 97.1 Å². The maximum Gasteiger partial charge on any atom is 0.201 e. The maximum atomic E-state index is 6.96. The van der Waals surface area contributed by atoms with Crippen LogP contribution in [0.2, 0.25) is 0 Å². The van der Waals surface area contributed by atoms with Gasteiger partial charge in [-0.25, -0.2) is 0 Å². The van der Waals surface area contributed by atoms with E-state index in [4.69, 9.17) is 4.74 Å². The Morgan fingerprint density at radius 2 is 1.17 bits per heavy atom. The molecule has 4 aromatic carbocycles. The number of hydrogen-bond donors (Lipinski definition) is 1. The van der Waals surface area contributed by atoms with Gasteiger partial charge in [-0.3, -0.25) is 0 Å². The molecule has 0 atom stereocenters. The second-order valence-corrected chi connectivity index (χ2v) is 7.79. The molecule has 1 aromatic heterocycles. The molecule has 29 heavy (non-hydrogen) atoms. The molecule has 2 heterocycles. The van der Waals surface area contributed by atoms with E-state index in [2.05, 4.69) is 102 Å². The number of aromatic amines is 1. The molecule has 7 rings (SSSR count).